The number of anilines is 1. The molecule has 3 unspecified atom stereocenters. The summed E-state index contributed by atoms with van der Waals surface area (Å²) in [4.78, 5) is 17.9. The lowest BCUT2D eigenvalue weighted by Crippen LogP contribution is -2.22. The van der Waals surface area contributed by atoms with E-state index in [1.807, 2.05) is 0 Å². The molecule has 0 spiro atoms. The minimum Gasteiger partial charge on any atom is -0.386 e. The molecule has 0 saturated carbocycles. The van der Waals surface area contributed by atoms with Crippen LogP contribution in [0.1, 0.15) is 80.5 Å². The smallest absolute Gasteiger partial charge is 0.354 e. The van der Waals surface area contributed by atoms with Gasteiger partial charge in [-0.25, -0.2) is 13.7 Å². The van der Waals surface area contributed by atoms with E-state index in [4.69, 9.17) is 4.98 Å². The molecule has 2 aromatic heterocycles. The van der Waals surface area contributed by atoms with Crippen molar-refractivity contribution in [3.63, 3.8) is 0 Å². The molecule has 2 aromatic rings. The van der Waals surface area contributed by atoms with Crippen LogP contribution in [0.2, 0.25) is 0 Å². The van der Waals surface area contributed by atoms with Crippen molar-refractivity contribution in [3.8, 4) is 0 Å². The summed E-state index contributed by atoms with van der Waals surface area (Å²) < 4.78 is 20.6. The summed E-state index contributed by atoms with van der Waals surface area (Å²) in [5.74, 6) is 0.738. The van der Waals surface area contributed by atoms with Gasteiger partial charge in [-0.2, -0.15) is 0 Å². The van der Waals surface area contributed by atoms with Gasteiger partial charge in [-0.15, -0.1) is 15.7 Å². The standard InChI is InChI=1S/C22H30N4O3S2/c1-12-6-8-15-18(12)24-19-13(2)7-9-16(19)20(15)25-21(27)26-31(29,23-5)17-10-14(11-30-17)22(3,4)28/h10-13,28H,6-9H2,1-5H3,(H2,23,24,25,26,27,29). The van der Waals surface area contributed by atoms with E-state index < -0.39 is 21.5 Å². The largest absolute Gasteiger partial charge is 0.386 e. The zero-order chi connectivity index (χ0) is 22.6. The first-order valence-corrected chi connectivity index (χ1v) is 13.1. The van der Waals surface area contributed by atoms with E-state index in [0.29, 0.717) is 21.6 Å². The summed E-state index contributed by atoms with van der Waals surface area (Å²) >= 11 is 1.22. The number of pyridine rings is 1. The molecule has 2 aliphatic rings. The van der Waals surface area contributed by atoms with Crippen molar-refractivity contribution in [1.82, 2.24) is 9.71 Å². The van der Waals surface area contributed by atoms with Crippen LogP contribution in [-0.2, 0) is 28.4 Å². The van der Waals surface area contributed by atoms with Gasteiger partial charge < -0.3 is 10.4 Å². The van der Waals surface area contributed by atoms with Crippen molar-refractivity contribution in [2.75, 3.05) is 12.4 Å². The van der Waals surface area contributed by atoms with Crippen molar-refractivity contribution in [2.24, 2.45) is 4.36 Å². The van der Waals surface area contributed by atoms with Crippen LogP contribution in [0.3, 0.4) is 0 Å². The van der Waals surface area contributed by atoms with Gasteiger partial charge in [0, 0.05) is 11.4 Å². The van der Waals surface area contributed by atoms with Crippen LogP contribution >= 0.6 is 11.3 Å². The fourth-order valence-electron chi connectivity index (χ4n) is 4.39. The molecule has 0 aliphatic heterocycles. The number of aromatic nitrogens is 1. The molecule has 2 heterocycles. The summed E-state index contributed by atoms with van der Waals surface area (Å²) in [6.45, 7) is 7.67. The number of amides is 2. The van der Waals surface area contributed by atoms with Gasteiger partial charge in [0.2, 0.25) is 0 Å². The average molecular weight is 463 g/mol. The second kappa shape index (κ2) is 7.95. The number of urea groups is 1. The van der Waals surface area contributed by atoms with Crippen molar-refractivity contribution in [1.29, 1.82) is 0 Å². The zero-order valence-electron chi connectivity index (χ0n) is 18.6. The van der Waals surface area contributed by atoms with Crippen LogP contribution in [0.25, 0.3) is 0 Å². The summed E-state index contributed by atoms with van der Waals surface area (Å²) in [6, 6.07) is 1.01. The molecule has 0 aromatic carbocycles. The van der Waals surface area contributed by atoms with Gasteiger partial charge in [-0.3, -0.25) is 4.98 Å². The van der Waals surface area contributed by atoms with E-state index in [-0.39, 0.29) is 0 Å². The molecule has 7 nitrogen and oxygen atoms in total. The number of thiophene rings is 1. The average Bonchev–Trinajstić information content (AvgIpc) is 3.42. The fourth-order valence-corrected chi connectivity index (χ4v) is 7.16. The summed E-state index contributed by atoms with van der Waals surface area (Å²) in [7, 11) is -1.64. The first kappa shape index (κ1) is 22.4. The van der Waals surface area contributed by atoms with Crippen LogP contribution in [0.5, 0.6) is 0 Å². The highest BCUT2D eigenvalue weighted by Crippen LogP contribution is 2.44. The highest BCUT2D eigenvalue weighted by atomic mass is 32.2. The molecule has 2 amide bonds. The minimum atomic E-state index is -3.16. The Balaban J connectivity index is 1.71. The molecule has 0 saturated heterocycles. The Labute approximate surface area is 188 Å². The zero-order valence-corrected chi connectivity index (χ0v) is 20.2. The molecule has 168 valence electrons. The van der Waals surface area contributed by atoms with Crippen molar-refractivity contribution in [2.45, 2.75) is 75.0 Å². The van der Waals surface area contributed by atoms with Gasteiger partial charge in [0.05, 0.1) is 11.3 Å². The SMILES string of the molecule is CNS(=O)(=NC(=O)Nc1c2c(nc3c1CCC3C)C(C)CC2)c1cc(C(C)(C)O)cs1. The third kappa shape index (κ3) is 4.04. The number of aliphatic hydroxyl groups is 1. The molecule has 2 aliphatic carbocycles. The Morgan fingerprint density at radius 1 is 1.23 bits per heavy atom. The molecular weight excluding hydrogens is 432 g/mol. The van der Waals surface area contributed by atoms with Crippen LogP contribution in [0, 0.1) is 0 Å². The molecular formula is C22H30N4O3S2. The Bertz CT molecular complexity index is 1120. The molecule has 0 bridgehead atoms. The number of hydrogen-bond acceptors (Lipinski definition) is 5. The van der Waals surface area contributed by atoms with Gasteiger partial charge in [0.1, 0.15) is 4.21 Å². The van der Waals surface area contributed by atoms with Crippen LogP contribution in [0.4, 0.5) is 10.5 Å². The van der Waals surface area contributed by atoms with Gasteiger partial charge in [0.25, 0.3) is 0 Å². The summed E-state index contributed by atoms with van der Waals surface area (Å²) in [5.41, 5.74) is 4.75. The Morgan fingerprint density at radius 2 is 1.81 bits per heavy atom. The maximum absolute atomic E-state index is 13.4. The van der Waals surface area contributed by atoms with E-state index in [1.165, 1.54) is 18.4 Å². The molecule has 3 N–H and O–H groups in total. The normalized spacial score (nSPS) is 22.0. The second-order valence-corrected chi connectivity index (χ2v) is 12.3. The first-order chi connectivity index (χ1) is 14.5. The minimum absolute atomic E-state index is 0.369. The third-order valence-electron chi connectivity index (χ3n) is 6.33. The quantitative estimate of drug-likeness (QED) is 0.614. The van der Waals surface area contributed by atoms with Crippen LogP contribution < -0.4 is 10.0 Å². The summed E-state index contributed by atoms with van der Waals surface area (Å²) in [6.07, 6.45) is 3.79. The molecule has 0 radical (unpaired) electrons. The van der Waals surface area contributed by atoms with Gasteiger partial charge in [0.15, 0.2) is 9.92 Å². The molecule has 31 heavy (non-hydrogen) atoms. The van der Waals surface area contributed by atoms with E-state index in [2.05, 4.69) is 28.2 Å². The lowest BCUT2D eigenvalue weighted by atomic mass is 10.0. The maximum Gasteiger partial charge on any atom is 0.354 e. The number of carbonyl (C=O) groups is 1. The molecule has 4 rings (SSSR count). The summed E-state index contributed by atoms with van der Waals surface area (Å²) in [5, 5.41) is 14.9. The van der Waals surface area contributed by atoms with Crippen molar-refractivity contribution < 1.29 is 14.1 Å². The van der Waals surface area contributed by atoms with E-state index in [0.717, 1.165) is 53.9 Å². The molecule has 9 heteroatoms. The first-order valence-electron chi connectivity index (χ1n) is 10.7. The predicted octanol–water partition coefficient (Wildman–Crippen LogP) is 4.66. The van der Waals surface area contributed by atoms with Crippen molar-refractivity contribution in [3.05, 3.63) is 39.5 Å². The number of rotatable bonds is 4. The van der Waals surface area contributed by atoms with E-state index >= 15 is 0 Å². The van der Waals surface area contributed by atoms with Crippen LogP contribution in [0.15, 0.2) is 20.0 Å². The molecule has 0 fully saturated rings. The van der Waals surface area contributed by atoms with Crippen molar-refractivity contribution >= 4 is 33.0 Å². The van der Waals surface area contributed by atoms with Gasteiger partial charge in [-0.05, 0) is 86.6 Å². The maximum atomic E-state index is 13.4. The Morgan fingerprint density at radius 3 is 2.29 bits per heavy atom. The highest BCUT2D eigenvalue weighted by molar-refractivity contribution is 7.94. The van der Waals surface area contributed by atoms with E-state index in [1.54, 1.807) is 25.3 Å². The lowest BCUT2D eigenvalue weighted by molar-refractivity contribution is 0.0789. The fraction of sp³-hybridized carbons (Fsp3) is 0.545. The number of nitrogens with zero attached hydrogens (tertiary/aromatic N) is 2. The topological polar surface area (TPSA) is 104 Å². The Kier molecular flexibility index (Phi) is 5.74. The second-order valence-electron chi connectivity index (χ2n) is 9.06. The monoisotopic (exact) mass is 462 g/mol. The predicted molar refractivity (Wildman–Crippen MR) is 124 cm³/mol. The van der Waals surface area contributed by atoms with Gasteiger partial charge >= 0.3 is 6.03 Å². The van der Waals surface area contributed by atoms with Crippen LogP contribution in [-0.4, -0.2) is 27.4 Å². The van der Waals surface area contributed by atoms with E-state index in [9.17, 15) is 14.1 Å². The lowest BCUT2D eigenvalue weighted by Gasteiger charge is -2.16. The number of nitrogens with one attached hydrogen (secondary N) is 2. The number of hydrogen-bond donors (Lipinski definition) is 3. The molecule has 3 atom stereocenters. The number of carbonyl (C=O) groups excluding carboxylic acids is 1. The third-order valence-corrected chi connectivity index (χ3v) is 9.65. The Hall–Kier alpha value is -1.81. The highest BCUT2D eigenvalue weighted by Gasteiger charge is 2.32. The number of fused-ring (bicyclic) bond motifs is 2. The van der Waals surface area contributed by atoms with Gasteiger partial charge in [-0.1, -0.05) is 13.8 Å².